The van der Waals surface area contributed by atoms with E-state index in [0.29, 0.717) is 25.9 Å². The first-order valence-corrected chi connectivity index (χ1v) is 9.73. The predicted octanol–water partition coefficient (Wildman–Crippen LogP) is 0.306. The van der Waals surface area contributed by atoms with Gasteiger partial charge in [-0.25, -0.2) is 13.1 Å². The molecule has 0 aromatic heterocycles. The second-order valence-corrected chi connectivity index (χ2v) is 8.12. The molecule has 7 heteroatoms. The van der Waals surface area contributed by atoms with Crippen LogP contribution in [-0.4, -0.2) is 57.7 Å². The van der Waals surface area contributed by atoms with E-state index in [9.17, 15) is 13.2 Å². The van der Waals surface area contributed by atoms with Crippen LogP contribution in [0.5, 0.6) is 0 Å². The Bertz CT molecular complexity index is 464. The van der Waals surface area contributed by atoms with E-state index in [-0.39, 0.29) is 17.4 Å². The normalized spacial score (nSPS) is 24.0. The molecule has 2 heterocycles. The van der Waals surface area contributed by atoms with Crippen molar-refractivity contribution >= 4 is 15.9 Å². The van der Waals surface area contributed by atoms with Gasteiger partial charge in [0, 0.05) is 19.1 Å². The molecule has 0 aliphatic carbocycles. The SMILES string of the molecule is CCC1(C(=O)N2CCC(NS(C)(=O)=O)CC2)CCNCC1. The van der Waals surface area contributed by atoms with Crippen molar-refractivity contribution < 1.29 is 13.2 Å². The maximum atomic E-state index is 12.9. The Morgan fingerprint density at radius 1 is 1.29 bits per heavy atom. The number of nitrogens with one attached hydrogen (secondary N) is 2. The van der Waals surface area contributed by atoms with Crippen LogP contribution in [0.2, 0.25) is 0 Å². The number of hydrogen-bond donors (Lipinski definition) is 2. The third-order valence-corrected chi connectivity index (χ3v) is 5.62. The summed E-state index contributed by atoms with van der Waals surface area (Å²) in [5, 5.41) is 3.32. The van der Waals surface area contributed by atoms with Gasteiger partial charge in [0.15, 0.2) is 0 Å². The van der Waals surface area contributed by atoms with Gasteiger partial charge in [0.1, 0.15) is 0 Å². The molecule has 122 valence electrons. The number of carbonyl (C=O) groups is 1. The lowest BCUT2D eigenvalue weighted by Gasteiger charge is -2.42. The molecule has 0 bridgehead atoms. The average Bonchev–Trinajstić information content (AvgIpc) is 2.46. The fraction of sp³-hybridized carbons (Fsp3) is 0.929. The number of carbonyl (C=O) groups excluding carboxylic acids is 1. The zero-order chi connectivity index (χ0) is 15.5. The molecule has 6 nitrogen and oxygen atoms in total. The van der Waals surface area contributed by atoms with Gasteiger partial charge in [0.2, 0.25) is 15.9 Å². The smallest absolute Gasteiger partial charge is 0.228 e. The van der Waals surface area contributed by atoms with Crippen LogP contribution in [0.3, 0.4) is 0 Å². The lowest BCUT2D eigenvalue weighted by atomic mass is 9.75. The van der Waals surface area contributed by atoms with Gasteiger partial charge >= 0.3 is 0 Å². The van der Waals surface area contributed by atoms with Crippen molar-refractivity contribution in [1.82, 2.24) is 14.9 Å². The average molecular weight is 317 g/mol. The highest BCUT2D eigenvalue weighted by Crippen LogP contribution is 2.35. The Labute approximate surface area is 127 Å². The van der Waals surface area contributed by atoms with Crippen molar-refractivity contribution in [3.05, 3.63) is 0 Å². The van der Waals surface area contributed by atoms with E-state index in [0.717, 1.165) is 32.4 Å². The summed E-state index contributed by atoms with van der Waals surface area (Å²) in [6.07, 6.45) is 5.29. The van der Waals surface area contributed by atoms with Crippen molar-refractivity contribution in [2.45, 2.75) is 45.1 Å². The van der Waals surface area contributed by atoms with E-state index in [2.05, 4.69) is 17.0 Å². The highest BCUT2D eigenvalue weighted by atomic mass is 32.2. The van der Waals surface area contributed by atoms with Gasteiger partial charge in [-0.1, -0.05) is 6.92 Å². The van der Waals surface area contributed by atoms with Crippen LogP contribution in [-0.2, 0) is 14.8 Å². The van der Waals surface area contributed by atoms with Crippen LogP contribution in [0.25, 0.3) is 0 Å². The summed E-state index contributed by atoms with van der Waals surface area (Å²) >= 11 is 0. The Morgan fingerprint density at radius 2 is 1.86 bits per heavy atom. The molecule has 0 atom stereocenters. The summed E-state index contributed by atoms with van der Waals surface area (Å²) in [5.74, 6) is 0.268. The Kier molecular flexibility index (Phi) is 5.27. The molecule has 2 aliphatic heterocycles. The third kappa shape index (κ3) is 4.17. The van der Waals surface area contributed by atoms with Crippen molar-refractivity contribution in [3.8, 4) is 0 Å². The molecule has 0 aromatic rings. The summed E-state index contributed by atoms with van der Waals surface area (Å²) in [6.45, 7) is 5.22. The molecule has 0 spiro atoms. The number of likely N-dealkylation sites (tertiary alicyclic amines) is 1. The molecule has 2 N–H and O–H groups in total. The third-order valence-electron chi connectivity index (χ3n) is 4.85. The van der Waals surface area contributed by atoms with Crippen molar-refractivity contribution in [3.63, 3.8) is 0 Å². The minimum atomic E-state index is -3.16. The zero-order valence-electron chi connectivity index (χ0n) is 13.0. The summed E-state index contributed by atoms with van der Waals surface area (Å²) in [7, 11) is -3.16. The number of amides is 1. The molecule has 2 saturated heterocycles. The van der Waals surface area contributed by atoms with E-state index in [1.807, 2.05) is 4.90 Å². The van der Waals surface area contributed by atoms with Gasteiger partial charge in [0.05, 0.1) is 11.7 Å². The fourth-order valence-corrected chi connectivity index (χ4v) is 4.30. The van der Waals surface area contributed by atoms with Crippen LogP contribution < -0.4 is 10.0 Å². The lowest BCUT2D eigenvalue weighted by molar-refractivity contribution is -0.145. The standard InChI is InChI=1S/C14H27N3O3S/c1-3-14(6-8-15-9-7-14)13(18)17-10-4-12(5-11-17)16-21(2,19)20/h12,15-16H,3-11H2,1-2H3. The van der Waals surface area contributed by atoms with Gasteiger partial charge in [-0.05, 0) is 45.2 Å². The molecule has 21 heavy (non-hydrogen) atoms. The van der Waals surface area contributed by atoms with Gasteiger partial charge < -0.3 is 10.2 Å². The Hall–Kier alpha value is -0.660. The molecule has 1 amide bonds. The molecule has 0 unspecified atom stereocenters. The number of rotatable bonds is 4. The minimum Gasteiger partial charge on any atom is -0.342 e. The molecule has 0 saturated carbocycles. The molecule has 2 fully saturated rings. The van der Waals surface area contributed by atoms with Gasteiger partial charge in [-0.15, -0.1) is 0 Å². The quantitative estimate of drug-likeness (QED) is 0.782. The number of hydrogen-bond acceptors (Lipinski definition) is 4. The summed E-state index contributed by atoms with van der Waals surface area (Å²) in [5.41, 5.74) is -0.206. The van der Waals surface area contributed by atoms with Crippen LogP contribution in [0.1, 0.15) is 39.0 Å². The van der Waals surface area contributed by atoms with E-state index in [4.69, 9.17) is 0 Å². The van der Waals surface area contributed by atoms with Crippen LogP contribution in [0, 0.1) is 5.41 Å². The first-order chi connectivity index (χ1) is 9.86. The van der Waals surface area contributed by atoms with Gasteiger partial charge in [0.25, 0.3) is 0 Å². The first-order valence-electron chi connectivity index (χ1n) is 7.84. The number of nitrogens with zero attached hydrogens (tertiary/aromatic N) is 1. The van der Waals surface area contributed by atoms with E-state index >= 15 is 0 Å². The first kappa shape index (κ1) is 16.7. The Morgan fingerprint density at radius 3 is 2.33 bits per heavy atom. The van der Waals surface area contributed by atoms with Gasteiger partial charge in [-0.2, -0.15) is 0 Å². The fourth-order valence-electron chi connectivity index (χ4n) is 3.46. The second kappa shape index (κ2) is 6.62. The van der Waals surface area contributed by atoms with Crippen molar-refractivity contribution in [1.29, 1.82) is 0 Å². The number of piperidine rings is 2. The molecular formula is C14H27N3O3S. The predicted molar refractivity (Wildman–Crippen MR) is 82.4 cm³/mol. The van der Waals surface area contributed by atoms with Crippen molar-refractivity contribution in [2.75, 3.05) is 32.4 Å². The van der Waals surface area contributed by atoms with Crippen LogP contribution in [0.4, 0.5) is 0 Å². The van der Waals surface area contributed by atoms with Crippen LogP contribution >= 0.6 is 0 Å². The molecule has 0 radical (unpaired) electrons. The molecular weight excluding hydrogens is 290 g/mol. The molecule has 0 aromatic carbocycles. The molecule has 2 rings (SSSR count). The van der Waals surface area contributed by atoms with E-state index in [1.165, 1.54) is 6.26 Å². The zero-order valence-corrected chi connectivity index (χ0v) is 13.8. The second-order valence-electron chi connectivity index (χ2n) is 6.34. The number of sulfonamides is 1. The topological polar surface area (TPSA) is 78.5 Å². The Balaban J connectivity index is 1.93. The van der Waals surface area contributed by atoms with Gasteiger partial charge in [-0.3, -0.25) is 4.79 Å². The summed E-state index contributed by atoms with van der Waals surface area (Å²) in [6, 6.07) is -0.0327. The van der Waals surface area contributed by atoms with E-state index < -0.39 is 10.0 Å². The highest BCUT2D eigenvalue weighted by Gasteiger charge is 2.41. The minimum absolute atomic E-state index is 0.0327. The summed E-state index contributed by atoms with van der Waals surface area (Å²) in [4.78, 5) is 14.8. The highest BCUT2D eigenvalue weighted by molar-refractivity contribution is 7.88. The van der Waals surface area contributed by atoms with E-state index in [1.54, 1.807) is 0 Å². The largest absolute Gasteiger partial charge is 0.342 e. The monoisotopic (exact) mass is 317 g/mol. The maximum absolute atomic E-state index is 12.9. The molecule has 2 aliphatic rings. The lowest BCUT2D eigenvalue weighted by Crippen LogP contribution is -2.53. The maximum Gasteiger partial charge on any atom is 0.228 e. The summed E-state index contributed by atoms with van der Waals surface area (Å²) < 4.78 is 25.2. The van der Waals surface area contributed by atoms with Crippen LogP contribution in [0.15, 0.2) is 0 Å². The van der Waals surface area contributed by atoms with Crippen molar-refractivity contribution in [2.24, 2.45) is 5.41 Å².